The molecule has 0 atom stereocenters. The molecule has 41 heavy (non-hydrogen) atoms. The number of ether oxygens (including phenoxy) is 2. The summed E-state index contributed by atoms with van der Waals surface area (Å²) in [6.45, 7) is 6.64. The number of anilines is 1. The van der Waals surface area contributed by atoms with Gasteiger partial charge < -0.3 is 9.47 Å². The van der Waals surface area contributed by atoms with Crippen LogP contribution in [-0.4, -0.2) is 17.7 Å². The van der Waals surface area contributed by atoms with E-state index in [0.29, 0.717) is 33.7 Å². The van der Waals surface area contributed by atoms with Crippen molar-refractivity contribution in [1.82, 2.24) is 0 Å². The normalized spacial score (nSPS) is 14.9. The van der Waals surface area contributed by atoms with Gasteiger partial charge in [-0.2, -0.15) is 5.26 Å². The van der Waals surface area contributed by atoms with Gasteiger partial charge in [-0.3, -0.25) is 9.69 Å². The number of carbonyl (C=O) groups excluding carboxylic acids is 1. The van der Waals surface area contributed by atoms with E-state index in [2.05, 4.69) is 6.07 Å². The highest BCUT2D eigenvalue weighted by Crippen LogP contribution is 2.38. The van der Waals surface area contributed by atoms with Gasteiger partial charge in [-0.1, -0.05) is 59.7 Å². The number of thioether (sulfide) groups is 1. The molecule has 7 heteroatoms. The lowest BCUT2D eigenvalue weighted by Gasteiger charge is -2.16. The minimum Gasteiger partial charge on any atom is -0.490 e. The molecule has 1 fully saturated rings. The monoisotopic (exact) mass is 559 g/mol. The van der Waals surface area contributed by atoms with Gasteiger partial charge in [0.15, 0.2) is 16.7 Å². The molecule has 1 aliphatic rings. The van der Waals surface area contributed by atoms with Crippen LogP contribution in [0.25, 0.3) is 6.08 Å². The number of benzene rings is 4. The molecule has 1 heterocycles. The molecule has 1 saturated heterocycles. The lowest BCUT2D eigenvalue weighted by molar-refractivity contribution is -0.113. The maximum atomic E-state index is 13.7. The van der Waals surface area contributed by atoms with Gasteiger partial charge in [-0.15, -0.1) is 0 Å². The van der Waals surface area contributed by atoms with Gasteiger partial charge in [0.1, 0.15) is 6.61 Å². The van der Waals surface area contributed by atoms with Crippen molar-refractivity contribution in [3.05, 3.63) is 124 Å². The number of nitrogens with zero attached hydrogens (tertiary/aromatic N) is 3. The largest absolute Gasteiger partial charge is 0.490 e. The third kappa shape index (κ3) is 6.51. The number of aliphatic imine (C=N–C) groups is 1. The Balaban J connectivity index is 1.45. The second-order valence-corrected chi connectivity index (χ2v) is 10.5. The van der Waals surface area contributed by atoms with Crippen LogP contribution in [0.4, 0.5) is 11.4 Å². The number of nitriles is 1. The molecular formula is C34H29N3O3S. The summed E-state index contributed by atoms with van der Waals surface area (Å²) < 4.78 is 11.9. The number of amidine groups is 1. The van der Waals surface area contributed by atoms with E-state index in [4.69, 9.17) is 14.5 Å². The van der Waals surface area contributed by atoms with Crippen LogP contribution >= 0.6 is 11.8 Å². The summed E-state index contributed by atoms with van der Waals surface area (Å²) in [5.74, 6) is 0.988. The van der Waals surface area contributed by atoms with E-state index in [1.165, 1.54) is 11.8 Å². The first-order chi connectivity index (χ1) is 19.9. The average Bonchev–Trinajstić information content (AvgIpc) is 3.28. The van der Waals surface area contributed by atoms with E-state index in [1.54, 1.807) is 11.0 Å². The van der Waals surface area contributed by atoms with E-state index in [9.17, 15) is 10.1 Å². The van der Waals surface area contributed by atoms with Crippen LogP contribution in [0.5, 0.6) is 11.5 Å². The molecule has 5 rings (SSSR count). The molecule has 6 nitrogen and oxygen atoms in total. The summed E-state index contributed by atoms with van der Waals surface area (Å²) >= 11 is 1.34. The summed E-state index contributed by atoms with van der Waals surface area (Å²) in [4.78, 5) is 20.8. The summed E-state index contributed by atoms with van der Waals surface area (Å²) in [6, 6.07) is 30.9. The summed E-state index contributed by atoms with van der Waals surface area (Å²) in [7, 11) is 0. The molecule has 1 aliphatic heterocycles. The Morgan fingerprint density at radius 1 is 0.902 bits per heavy atom. The molecule has 0 aromatic heterocycles. The van der Waals surface area contributed by atoms with Crippen molar-refractivity contribution in [3.8, 4) is 17.6 Å². The van der Waals surface area contributed by atoms with Gasteiger partial charge in [0.25, 0.3) is 5.91 Å². The molecule has 0 saturated carbocycles. The number of rotatable bonds is 8. The van der Waals surface area contributed by atoms with E-state index in [-0.39, 0.29) is 12.5 Å². The Bertz CT molecular complexity index is 1670. The van der Waals surface area contributed by atoms with Crippen molar-refractivity contribution in [1.29, 1.82) is 5.26 Å². The van der Waals surface area contributed by atoms with Gasteiger partial charge in [-0.05, 0) is 86.6 Å². The topological polar surface area (TPSA) is 74.9 Å². The van der Waals surface area contributed by atoms with Crippen molar-refractivity contribution in [3.63, 3.8) is 0 Å². The maximum absolute atomic E-state index is 13.7. The second-order valence-electron chi connectivity index (χ2n) is 9.51. The maximum Gasteiger partial charge on any atom is 0.271 e. The zero-order chi connectivity index (χ0) is 28.8. The average molecular weight is 560 g/mol. The Kier molecular flexibility index (Phi) is 8.52. The van der Waals surface area contributed by atoms with E-state index >= 15 is 0 Å². The van der Waals surface area contributed by atoms with E-state index in [0.717, 1.165) is 33.6 Å². The summed E-state index contributed by atoms with van der Waals surface area (Å²) in [5, 5.41) is 9.98. The van der Waals surface area contributed by atoms with Crippen molar-refractivity contribution in [2.75, 3.05) is 11.5 Å². The van der Waals surface area contributed by atoms with Crippen LogP contribution in [-0.2, 0) is 11.4 Å². The van der Waals surface area contributed by atoms with Crippen LogP contribution in [0.1, 0.15) is 34.7 Å². The second kappa shape index (κ2) is 12.6. The van der Waals surface area contributed by atoms with Gasteiger partial charge in [0.2, 0.25) is 0 Å². The van der Waals surface area contributed by atoms with Crippen LogP contribution in [0.15, 0.2) is 101 Å². The Hall–Kier alpha value is -4.80. The number of aryl methyl sites for hydroxylation is 2. The Labute approximate surface area is 244 Å². The highest BCUT2D eigenvalue weighted by molar-refractivity contribution is 8.19. The first-order valence-electron chi connectivity index (χ1n) is 13.3. The van der Waals surface area contributed by atoms with Crippen molar-refractivity contribution in [2.24, 2.45) is 4.99 Å². The fourth-order valence-electron chi connectivity index (χ4n) is 4.26. The predicted octanol–water partition coefficient (Wildman–Crippen LogP) is 7.96. The number of hydrogen-bond acceptors (Lipinski definition) is 6. The van der Waals surface area contributed by atoms with Gasteiger partial charge in [-0.25, -0.2) is 4.99 Å². The number of carbonyl (C=O) groups is 1. The molecule has 1 amide bonds. The zero-order valence-corrected chi connectivity index (χ0v) is 23.9. The number of hydrogen-bond donors (Lipinski definition) is 0. The molecule has 0 radical (unpaired) electrons. The summed E-state index contributed by atoms with van der Waals surface area (Å²) in [5.41, 5.74) is 5.98. The highest BCUT2D eigenvalue weighted by Gasteiger charge is 2.34. The lowest BCUT2D eigenvalue weighted by Crippen LogP contribution is -2.28. The molecule has 204 valence electrons. The van der Waals surface area contributed by atoms with Crippen molar-refractivity contribution >= 4 is 40.3 Å². The third-order valence-electron chi connectivity index (χ3n) is 6.44. The minimum atomic E-state index is -0.142. The molecule has 0 unspecified atom stereocenters. The lowest BCUT2D eigenvalue weighted by atomic mass is 10.1. The first kappa shape index (κ1) is 27.8. The fraction of sp³-hybridized carbons (Fsp3) is 0.147. The van der Waals surface area contributed by atoms with Crippen LogP contribution < -0.4 is 14.4 Å². The predicted molar refractivity (Wildman–Crippen MR) is 166 cm³/mol. The van der Waals surface area contributed by atoms with Crippen LogP contribution in [0, 0.1) is 25.2 Å². The highest BCUT2D eigenvalue weighted by atomic mass is 32.2. The van der Waals surface area contributed by atoms with Gasteiger partial charge in [0, 0.05) is 5.56 Å². The van der Waals surface area contributed by atoms with Crippen LogP contribution in [0.2, 0.25) is 0 Å². The van der Waals surface area contributed by atoms with Gasteiger partial charge >= 0.3 is 0 Å². The van der Waals surface area contributed by atoms with E-state index in [1.807, 2.05) is 112 Å². The molecule has 0 N–H and O–H groups in total. The zero-order valence-electron chi connectivity index (χ0n) is 23.1. The van der Waals surface area contributed by atoms with E-state index < -0.39 is 0 Å². The molecule has 0 spiro atoms. The van der Waals surface area contributed by atoms with Gasteiger partial charge in [0.05, 0.1) is 34.5 Å². The first-order valence-corrected chi connectivity index (χ1v) is 14.1. The molecule has 0 aliphatic carbocycles. The molecule has 4 aromatic rings. The molecular weight excluding hydrogens is 530 g/mol. The fourth-order valence-corrected chi connectivity index (χ4v) is 5.27. The number of amides is 1. The van der Waals surface area contributed by atoms with Crippen molar-refractivity contribution in [2.45, 2.75) is 27.4 Å². The third-order valence-corrected chi connectivity index (χ3v) is 7.41. The van der Waals surface area contributed by atoms with Crippen molar-refractivity contribution < 1.29 is 14.3 Å². The molecule has 0 bridgehead atoms. The quantitative estimate of drug-likeness (QED) is 0.205. The Morgan fingerprint density at radius 2 is 1.61 bits per heavy atom. The molecule has 4 aromatic carbocycles. The smallest absolute Gasteiger partial charge is 0.271 e. The SMILES string of the molecule is CCOc1cc(/C=C2/SC(=Nc3ccc(C)cc3)N(c3ccc(C)cc3)C2=O)ccc1OCc1ccccc1C#N. The standard InChI is InChI=1S/C34H29N3O3S/c1-4-39-31-19-25(13-18-30(31)40-22-27-8-6-5-7-26(27)21-35)20-32-33(38)37(29-16-11-24(3)12-17-29)34(41-32)36-28-14-9-23(2)10-15-28/h5-20H,4,22H2,1-3H3/b32-20+,36-34?. The Morgan fingerprint density at radius 3 is 2.32 bits per heavy atom. The summed E-state index contributed by atoms with van der Waals surface area (Å²) in [6.07, 6.45) is 1.85. The minimum absolute atomic E-state index is 0.142. The van der Waals surface area contributed by atoms with Crippen LogP contribution in [0.3, 0.4) is 0 Å².